The van der Waals surface area contributed by atoms with Crippen LogP contribution in [0.4, 0.5) is 0 Å². The highest BCUT2D eigenvalue weighted by Gasteiger charge is 1.97. The van der Waals surface area contributed by atoms with Gasteiger partial charge in [0, 0.05) is 6.42 Å². The molecule has 12 heavy (non-hydrogen) atoms. The Hall–Kier alpha value is -0.410. The van der Waals surface area contributed by atoms with Crippen LogP contribution in [0.15, 0.2) is 0 Å². The summed E-state index contributed by atoms with van der Waals surface area (Å²) in [6, 6.07) is 0. The number of Topliss-reactive ketones (excluding diaryl/α,β-unsaturated/α-hetero) is 1. The molecule has 0 unspecified atom stereocenters. The van der Waals surface area contributed by atoms with E-state index in [1.54, 1.807) is 0 Å². The molecule has 0 fully saturated rings. The van der Waals surface area contributed by atoms with Crippen molar-refractivity contribution in [3.63, 3.8) is 0 Å². The summed E-state index contributed by atoms with van der Waals surface area (Å²) in [5.74, 6) is 0.138. The monoisotopic (exact) mass is 174 g/mol. The predicted molar refractivity (Wildman–Crippen MR) is 47.2 cm³/mol. The number of ketones is 1. The number of hydrogen-bond donors (Lipinski definition) is 0. The zero-order chi connectivity index (χ0) is 9.40. The van der Waals surface area contributed by atoms with Gasteiger partial charge < -0.3 is 9.47 Å². The molecule has 0 bridgehead atoms. The molecule has 0 amide bonds. The van der Waals surface area contributed by atoms with Crippen LogP contribution in [0.25, 0.3) is 0 Å². The van der Waals surface area contributed by atoms with Crippen LogP contribution in [-0.4, -0.2) is 31.7 Å². The van der Waals surface area contributed by atoms with Gasteiger partial charge in [-0.25, -0.2) is 0 Å². The van der Waals surface area contributed by atoms with Crippen LogP contribution in [0.3, 0.4) is 0 Å². The molecule has 72 valence electrons. The van der Waals surface area contributed by atoms with E-state index < -0.39 is 0 Å². The topological polar surface area (TPSA) is 35.5 Å². The van der Waals surface area contributed by atoms with E-state index in [9.17, 15) is 4.79 Å². The van der Waals surface area contributed by atoms with Gasteiger partial charge in [0.2, 0.25) is 0 Å². The average molecular weight is 174 g/mol. The Morgan fingerprint density at radius 1 is 1.33 bits per heavy atom. The van der Waals surface area contributed by atoms with Crippen LogP contribution in [0, 0.1) is 0 Å². The summed E-state index contributed by atoms with van der Waals surface area (Å²) in [7, 11) is 0. The Morgan fingerprint density at radius 2 is 2.00 bits per heavy atom. The first-order valence-electron chi connectivity index (χ1n) is 4.37. The van der Waals surface area contributed by atoms with Crippen molar-refractivity contribution in [2.75, 3.05) is 19.8 Å². The van der Waals surface area contributed by atoms with Crippen molar-refractivity contribution >= 4 is 5.78 Å². The first kappa shape index (κ1) is 11.6. The number of carbonyl (C=O) groups excluding carboxylic acids is 1. The molecule has 0 aliphatic rings. The number of rotatable bonds is 7. The van der Waals surface area contributed by atoms with Crippen LogP contribution >= 0.6 is 0 Å². The van der Waals surface area contributed by atoms with Crippen molar-refractivity contribution in [3.05, 3.63) is 0 Å². The van der Waals surface area contributed by atoms with Gasteiger partial charge in [-0.05, 0) is 13.8 Å². The molecule has 0 rings (SSSR count). The van der Waals surface area contributed by atoms with Gasteiger partial charge >= 0.3 is 0 Å². The van der Waals surface area contributed by atoms with E-state index in [-0.39, 0.29) is 18.5 Å². The zero-order valence-corrected chi connectivity index (χ0v) is 8.13. The largest absolute Gasteiger partial charge is 0.376 e. The van der Waals surface area contributed by atoms with Gasteiger partial charge in [-0.3, -0.25) is 4.79 Å². The number of hydrogen-bond acceptors (Lipinski definition) is 3. The second-order valence-electron chi connectivity index (χ2n) is 2.86. The summed E-state index contributed by atoms with van der Waals surface area (Å²) in [6.07, 6.45) is 0.779. The molecular formula is C9H18O3. The summed E-state index contributed by atoms with van der Waals surface area (Å²) in [5.41, 5.74) is 0. The van der Waals surface area contributed by atoms with Crippen LogP contribution in [0.2, 0.25) is 0 Å². The average Bonchev–Trinajstić information content (AvgIpc) is 2.03. The summed E-state index contributed by atoms with van der Waals surface area (Å²) in [5, 5.41) is 0. The molecule has 3 heteroatoms. The third kappa shape index (κ3) is 7.69. The molecule has 0 aliphatic carbocycles. The van der Waals surface area contributed by atoms with Crippen LogP contribution in [0.5, 0.6) is 0 Å². The maximum Gasteiger partial charge on any atom is 0.158 e. The molecule has 0 atom stereocenters. The highest BCUT2D eigenvalue weighted by Crippen LogP contribution is 1.88. The summed E-state index contributed by atoms with van der Waals surface area (Å²) >= 11 is 0. The van der Waals surface area contributed by atoms with Gasteiger partial charge in [0.05, 0.1) is 19.3 Å². The predicted octanol–water partition coefficient (Wildman–Crippen LogP) is 1.41. The van der Waals surface area contributed by atoms with Gasteiger partial charge in [0.25, 0.3) is 0 Å². The lowest BCUT2D eigenvalue weighted by molar-refractivity contribution is -0.123. The van der Waals surface area contributed by atoms with Crippen molar-refractivity contribution in [1.29, 1.82) is 0 Å². The van der Waals surface area contributed by atoms with E-state index in [1.807, 2.05) is 20.8 Å². The van der Waals surface area contributed by atoms with E-state index in [1.165, 1.54) is 0 Å². The molecule has 0 radical (unpaired) electrons. The Morgan fingerprint density at radius 3 is 2.50 bits per heavy atom. The SMILES string of the molecule is CCC(=O)COCCOC(C)C. The smallest absolute Gasteiger partial charge is 0.158 e. The van der Waals surface area contributed by atoms with E-state index in [0.717, 1.165) is 0 Å². The van der Waals surface area contributed by atoms with E-state index in [0.29, 0.717) is 19.6 Å². The number of carbonyl (C=O) groups is 1. The molecule has 0 aromatic carbocycles. The fourth-order valence-corrected chi connectivity index (χ4v) is 0.631. The van der Waals surface area contributed by atoms with E-state index >= 15 is 0 Å². The molecule has 0 aliphatic heterocycles. The molecule has 0 saturated carbocycles. The van der Waals surface area contributed by atoms with Gasteiger partial charge in [-0.2, -0.15) is 0 Å². The first-order valence-corrected chi connectivity index (χ1v) is 4.37. The minimum atomic E-state index is 0.138. The highest BCUT2D eigenvalue weighted by atomic mass is 16.5. The van der Waals surface area contributed by atoms with Crippen LogP contribution < -0.4 is 0 Å². The lowest BCUT2D eigenvalue weighted by atomic mass is 10.3. The van der Waals surface area contributed by atoms with Crippen LogP contribution in [0.1, 0.15) is 27.2 Å². The minimum Gasteiger partial charge on any atom is -0.376 e. The third-order valence-corrected chi connectivity index (χ3v) is 1.34. The maximum absolute atomic E-state index is 10.7. The maximum atomic E-state index is 10.7. The standard InChI is InChI=1S/C9H18O3/c1-4-9(10)7-11-5-6-12-8(2)3/h8H,4-7H2,1-3H3. The molecule has 0 N–H and O–H groups in total. The molecule has 0 spiro atoms. The first-order chi connectivity index (χ1) is 5.66. The molecule has 0 heterocycles. The molecule has 3 nitrogen and oxygen atoms in total. The summed E-state index contributed by atoms with van der Waals surface area (Å²) in [4.78, 5) is 10.7. The zero-order valence-electron chi connectivity index (χ0n) is 8.13. The minimum absolute atomic E-state index is 0.138. The molecular weight excluding hydrogens is 156 g/mol. The van der Waals surface area contributed by atoms with Crippen molar-refractivity contribution < 1.29 is 14.3 Å². The Kier molecular flexibility index (Phi) is 7.00. The third-order valence-electron chi connectivity index (χ3n) is 1.34. The van der Waals surface area contributed by atoms with Gasteiger partial charge in [-0.15, -0.1) is 0 Å². The van der Waals surface area contributed by atoms with E-state index in [4.69, 9.17) is 9.47 Å². The summed E-state index contributed by atoms with van der Waals surface area (Å²) < 4.78 is 10.3. The van der Waals surface area contributed by atoms with Gasteiger partial charge in [-0.1, -0.05) is 6.92 Å². The van der Waals surface area contributed by atoms with Crippen molar-refractivity contribution in [2.45, 2.75) is 33.3 Å². The van der Waals surface area contributed by atoms with Crippen molar-refractivity contribution in [1.82, 2.24) is 0 Å². The second kappa shape index (κ2) is 7.25. The Balaban J connectivity index is 3.05. The Labute approximate surface area is 74.0 Å². The number of ether oxygens (including phenoxy) is 2. The quantitative estimate of drug-likeness (QED) is 0.547. The van der Waals surface area contributed by atoms with Crippen molar-refractivity contribution in [2.24, 2.45) is 0 Å². The molecule has 0 saturated heterocycles. The Bertz CT molecular complexity index is 121. The van der Waals surface area contributed by atoms with Gasteiger partial charge in [0.1, 0.15) is 6.61 Å². The fraction of sp³-hybridized carbons (Fsp3) is 0.889. The lowest BCUT2D eigenvalue weighted by Gasteiger charge is -2.06. The molecule has 0 aromatic rings. The van der Waals surface area contributed by atoms with E-state index in [2.05, 4.69) is 0 Å². The normalized spacial score (nSPS) is 10.7. The second-order valence-corrected chi connectivity index (χ2v) is 2.86. The van der Waals surface area contributed by atoms with Crippen LogP contribution in [-0.2, 0) is 14.3 Å². The van der Waals surface area contributed by atoms with Gasteiger partial charge in [0.15, 0.2) is 5.78 Å². The highest BCUT2D eigenvalue weighted by molar-refractivity contribution is 5.79. The summed E-state index contributed by atoms with van der Waals surface area (Å²) in [6.45, 7) is 7.06. The fourth-order valence-electron chi connectivity index (χ4n) is 0.631. The lowest BCUT2D eigenvalue weighted by Crippen LogP contribution is -2.13. The molecule has 0 aromatic heterocycles. The van der Waals surface area contributed by atoms with Crippen molar-refractivity contribution in [3.8, 4) is 0 Å².